The summed E-state index contributed by atoms with van der Waals surface area (Å²) in [4.78, 5) is 8.87. The van der Waals surface area contributed by atoms with Crippen molar-refractivity contribution in [2.24, 2.45) is 5.92 Å². The Morgan fingerprint density at radius 1 is 1.35 bits per heavy atom. The zero-order valence-corrected chi connectivity index (χ0v) is 10.9. The van der Waals surface area contributed by atoms with Crippen molar-refractivity contribution >= 4 is 0 Å². The quantitative estimate of drug-likeness (QED) is 0.820. The first-order chi connectivity index (χ1) is 8.29. The summed E-state index contributed by atoms with van der Waals surface area (Å²) < 4.78 is 0. The molecule has 3 nitrogen and oxygen atoms in total. The van der Waals surface area contributed by atoms with Crippen molar-refractivity contribution in [2.75, 3.05) is 6.54 Å². The van der Waals surface area contributed by atoms with Crippen LogP contribution in [0.2, 0.25) is 0 Å². The third kappa shape index (κ3) is 3.50. The van der Waals surface area contributed by atoms with Gasteiger partial charge in [-0.2, -0.15) is 0 Å². The van der Waals surface area contributed by atoms with Gasteiger partial charge in [-0.15, -0.1) is 0 Å². The van der Waals surface area contributed by atoms with E-state index >= 15 is 0 Å². The van der Waals surface area contributed by atoms with E-state index in [9.17, 15) is 0 Å². The number of aromatic nitrogens is 2. The maximum atomic E-state index is 4.52. The van der Waals surface area contributed by atoms with Crippen LogP contribution in [0.5, 0.6) is 0 Å². The summed E-state index contributed by atoms with van der Waals surface area (Å²) in [5, 5.41) is 3.60. The van der Waals surface area contributed by atoms with Crippen LogP contribution in [0.1, 0.15) is 56.5 Å². The average Bonchev–Trinajstić information content (AvgIpc) is 2.28. The molecule has 1 atom stereocenters. The summed E-state index contributed by atoms with van der Waals surface area (Å²) in [6, 6.07) is 0.397. The molecule has 1 heterocycles. The Balaban J connectivity index is 1.99. The molecule has 3 heteroatoms. The fraction of sp³-hybridized carbons (Fsp3) is 0.714. The molecule has 0 spiro atoms. The van der Waals surface area contributed by atoms with Crippen LogP contribution in [0, 0.1) is 12.8 Å². The molecule has 17 heavy (non-hydrogen) atoms. The van der Waals surface area contributed by atoms with E-state index in [1.54, 1.807) is 0 Å². The van der Waals surface area contributed by atoms with Gasteiger partial charge in [-0.05, 0) is 32.2 Å². The first-order valence-corrected chi connectivity index (χ1v) is 6.81. The zero-order chi connectivity index (χ0) is 12.1. The Kier molecular flexibility index (Phi) is 4.49. The molecule has 1 N–H and O–H groups in total. The third-order valence-corrected chi connectivity index (χ3v) is 3.59. The normalized spacial score (nSPS) is 17.8. The number of aryl methyl sites for hydroxylation is 1. The van der Waals surface area contributed by atoms with Crippen molar-refractivity contribution < 1.29 is 0 Å². The van der Waals surface area contributed by atoms with E-state index in [1.165, 1.54) is 32.1 Å². The fourth-order valence-corrected chi connectivity index (χ4v) is 2.27. The van der Waals surface area contributed by atoms with Crippen molar-refractivity contribution in [1.82, 2.24) is 15.3 Å². The van der Waals surface area contributed by atoms with E-state index < -0.39 is 0 Å². The molecule has 1 aromatic rings. The standard InChI is InChI=1S/C14H23N3/c1-3-7-15-13(8-12-5-4-6-12)14-10-16-11(2)9-17-14/h9-10,12-13,15H,3-8H2,1-2H3. The van der Waals surface area contributed by atoms with Gasteiger partial charge in [0.1, 0.15) is 0 Å². The third-order valence-electron chi connectivity index (χ3n) is 3.59. The Bertz CT molecular complexity index is 330. The topological polar surface area (TPSA) is 37.8 Å². The van der Waals surface area contributed by atoms with Crippen LogP contribution >= 0.6 is 0 Å². The Labute approximate surface area is 104 Å². The van der Waals surface area contributed by atoms with Gasteiger partial charge < -0.3 is 5.32 Å². The monoisotopic (exact) mass is 233 g/mol. The van der Waals surface area contributed by atoms with Gasteiger partial charge in [0.2, 0.25) is 0 Å². The van der Waals surface area contributed by atoms with Gasteiger partial charge in [0.25, 0.3) is 0 Å². The van der Waals surface area contributed by atoms with Crippen LogP contribution in [0.25, 0.3) is 0 Å². The number of hydrogen-bond acceptors (Lipinski definition) is 3. The first-order valence-electron chi connectivity index (χ1n) is 6.81. The molecule has 1 saturated carbocycles. The number of nitrogens with one attached hydrogen (secondary N) is 1. The second-order valence-corrected chi connectivity index (χ2v) is 5.12. The van der Waals surface area contributed by atoms with Crippen LogP contribution in [-0.4, -0.2) is 16.5 Å². The van der Waals surface area contributed by atoms with Gasteiger partial charge in [0, 0.05) is 6.20 Å². The molecule has 2 rings (SSSR count). The largest absolute Gasteiger partial charge is 0.309 e. The summed E-state index contributed by atoms with van der Waals surface area (Å²) in [5.74, 6) is 0.896. The van der Waals surface area contributed by atoms with Gasteiger partial charge in [0.15, 0.2) is 0 Å². The van der Waals surface area contributed by atoms with Crippen molar-refractivity contribution in [3.05, 3.63) is 23.8 Å². The second-order valence-electron chi connectivity index (χ2n) is 5.12. The molecule has 1 unspecified atom stereocenters. The maximum Gasteiger partial charge on any atom is 0.0756 e. The van der Waals surface area contributed by atoms with Crippen molar-refractivity contribution in [1.29, 1.82) is 0 Å². The molecule has 0 radical (unpaired) electrons. The molecule has 0 bridgehead atoms. The van der Waals surface area contributed by atoms with Gasteiger partial charge in [-0.1, -0.05) is 26.2 Å². The Hall–Kier alpha value is -0.960. The summed E-state index contributed by atoms with van der Waals surface area (Å²) in [6.07, 6.45) is 10.4. The van der Waals surface area contributed by atoms with E-state index in [0.29, 0.717) is 6.04 Å². The predicted octanol–water partition coefficient (Wildman–Crippen LogP) is 3.02. The molecular weight excluding hydrogens is 210 g/mol. The molecule has 0 amide bonds. The molecule has 1 aliphatic rings. The van der Waals surface area contributed by atoms with Crippen LogP contribution in [0.15, 0.2) is 12.4 Å². The van der Waals surface area contributed by atoms with Gasteiger partial charge in [-0.3, -0.25) is 9.97 Å². The average molecular weight is 233 g/mol. The molecule has 0 aromatic carbocycles. The van der Waals surface area contributed by atoms with Crippen LogP contribution in [-0.2, 0) is 0 Å². The van der Waals surface area contributed by atoms with Crippen molar-refractivity contribution in [2.45, 2.75) is 52.0 Å². The molecular formula is C14H23N3. The zero-order valence-electron chi connectivity index (χ0n) is 10.9. The maximum absolute atomic E-state index is 4.52. The van der Waals surface area contributed by atoms with Crippen LogP contribution in [0.3, 0.4) is 0 Å². The van der Waals surface area contributed by atoms with E-state index in [2.05, 4.69) is 22.2 Å². The molecule has 1 aromatic heterocycles. The fourth-order valence-electron chi connectivity index (χ4n) is 2.27. The minimum Gasteiger partial charge on any atom is -0.309 e. The number of hydrogen-bond donors (Lipinski definition) is 1. The van der Waals surface area contributed by atoms with Crippen LogP contribution in [0.4, 0.5) is 0 Å². The summed E-state index contributed by atoms with van der Waals surface area (Å²) >= 11 is 0. The van der Waals surface area contributed by atoms with Crippen LogP contribution < -0.4 is 5.32 Å². The van der Waals surface area contributed by atoms with E-state index in [4.69, 9.17) is 0 Å². The Morgan fingerprint density at radius 2 is 2.18 bits per heavy atom. The summed E-state index contributed by atoms with van der Waals surface area (Å²) in [7, 11) is 0. The molecule has 0 saturated heterocycles. The van der Waals surface area contributed by atoms with Gasteiger partial charge in [0.05, 0.1) is 23.6 Å². The molecule has 1 fully saturated rings. The number of rotatable bonds is 6. The van der Waals surface area contributed by atoms with Crippen molar-refractivity contribution in [3.63, 3.8) is 0 Å². The lowest BCUT2D eigenvalue weighted by Gasteiger charge is -2.29. The van der Waals surface area contributed by atoms with Gasteiger partial charge in [-0.25, -0.2) is 0 Å². The summed E-state index contributed by atoms with van der Waals surface area (Å²) in [6.45, 7) is 5.25. The summed E-state index contributed by atoms with van der Waals surface area (Å²) in [5.41, 5.74) is 2.10. The highest BCUT2D eigenvalue weighted by molar-refractivity contribution is 5.06. The van der Waals surface area contributed by atoms with Crippen molar-refractivity contribution in [3.8, 4) is 0 Å². The van der Waals surface area contributed by atoms with E-state index in [0.717, 1.165) is 23.9 Å². The molecule has 1 aliphatic carbocycles. The first kappa shape index (κ1) is 12.5. The predicted molar refractivity (Wildman–Crippen MR) is 69.8 cm³/mol. The Morgan fingerprint density at radius 3 is 2.71 bits per heavy atom. The van der Waals surface area contributed by atoms with E-state index in [-0.39, 0.29) is 0 Å². The van der Waals surface area contributed by atoms with Gasteiger partial charge >= 0.3 is 0 Å². The SMILES string of the molecule is CCCNC(CC1CCC1)c1cnc(C)cn1. The minimum atomic E-state index is 0.397. The highest BCUT2D eigenvalue weighted by Gasteiger charge is 2.23. The molecule has 94 valence electrons. The van der Waals surface area contributed by atoms with E-state index in [1.807, 2.05) is 19.3 Å². The lowest BCUT2D eigenvalue weighted by molar-refractivity contribution is 0.259. The lowest BCUT2D eigenvalue weighted by atomic mass is 9.80. The minimum absolute atomic E-state index is 0.397. The highest BCUT2D eigenvalue weighted by atomic mass is 14.9. The molecule has 0 aliphatic heterocycles. The lowest BCUT2D eigenvalue weighted by Crippen LogP contribution is -2.27. The smallest absolute Gasteiger partial charge is 0.0756 e. The highest BCUT2D eigenvalue weighted by Crippen LogP contribution is 2.34. The number of nitrogens with zero attached hydrogens (tertiary/aromatic N) is 2. The second kappa shape index (κ2) is 6.10.